The highest BCUT2D eigenvalue weighted by molar-refractivity contribution is 5.70. The first-order chi connectivity index (χ1) is 13.6. The molecule has 3 aliphatic rings. The van der Waals surface area contributed by atoms with Gasteiger partial charge in [0.05, 0.1) is 5.92 Å². The summed E-state index contributed by atoms with van der Waals surface area (Å²) in [5, 5.41) is 9.39. The SMILES string of the molecule is C[C@H](CCN1C2=CC=CCC2=CCc2ccccc21)N1CCCC(C(=O)O)C1. The van der Waals surface area contributed by atoms with Crippen molar-refractivity contribution in [1.29, 1.82) is 0 Å². The van der Waals surface area contributed by atoms with E-state index in [2.05, 4.69) is 65.3 Å². The average Bonchev–Trinajstić information content (AvgIpc) is 2.89. The first-order valence-electron chi connectivity index (χ1n) is 10.5. The molecule has 4 nitrogen and oxygen atoms in total. The van der Waals surface area contributed by atoms with E-state index in [4.69, 9.17) is 0 Å². The fraction of sp³-hybridized carbons (Fsp3) is 0.458. The van der Waals surface area contributed by atoms with Gasteiger partial charge >= 0.3 is 5.97 Å². The number of allylic oxidation sites excluding steroid dienone is 5. The number of hydrogen-bond acceptors (Lipinski definition) is 3. The van der Waals surface area contributed by atoms with Gasteiger partial charge < -0.3 is 10.0 Å². The number of likely N-dealkylation sites (tertiary alicyclic amines) is 1. The van der Waals surface area contributed by atoms with Crippen molar-refractivity contribution >= 4 is 11.7 Å². The largest absolute Gasteiger partial charge is 0.481 e. The standard InChI is InChI=1S/C24H30N2O2/c1-18(25-15-6-9-21(17-25)24(27)28)14-16-26-22-10-4-2-7-19(22)12-13-20-8-3-5-11-23(20)26/h2-5,7,10-11,13,18,21H,6,8-9,12,14-17H2,1H3,(H,27,28)/t18-,21?/m1/s1. The van der Waals surface area contributed by atoms with Crippen molar-refractivity contribution in [3.8, 4) is 0 Å². The lowest BCUT2D eigenvalue weighted by Gasteiger charge is -2.37. The highest BCUT2D eigenvalue weighted by atomic mass is 16.4. The minimum Gasteiger partial charge on any atom is -0.481 e. The number of carboxylic acids is 1. The number of aliphatic carboxylic acids is 1. The second kappa shape index (κ2) is 8.36. The number of rotatable bonds is 5. The first-order valence-corrected chi connectivity index (χ1v) is 10.5. The Labute approximate surface area is 167 Å². The number of piperidine rings is 1. The number of carbonyl (C=O) groups is 1. The van der Waals surface area contributed by atoms with E-state index in [0.29, 0.717) is 12.6 Å². The number of carboxylic acid groups (broad SMARTS) is 1. The van der Waals surface area contributed by atoms with E-state index in [9.17, 15) is 9.90 Å². The topological polar surface area (TPSA) is 43.8 Å². The van der Waals surface area contributed by atoms with E-state index >= 15 is 0 Å². The normalized spacial score (nSPS) is 23.2. The number of nitrogens with zero attached hydrogens (tertiary/aromatic N) is 2. The molecule has 1 aromatic carbocycles. The van der Waals surface area contributed by atoms with E-state index < -0.39 is 5.97 Å². The molecule has 1 fully saturated rings. The van der Waals surface area contributed by atoms with Crippen molar-refractivity contribution in [2.24, 2.45) is 5.92 Å². The van der Waals surface area contributed by atoms with Crippen LogP contribution in [0.15, 0.2) is 59.8 Å². The van der Waals surface area contributed by atoms with Crippen LogP contribution in [0, 0.1) is 5.92 Å². The molecule has 0 radical (unpaired) electrons. The van der Waals surface area contributed by atoms with Crippen LogP contribution >= 0.6 is 0 Å². The lowest BCUT2D eigenvalue weighted by Crippen LogP contribution is -2.44. The molecule has 148 valence electrons. The Morgan fingerprint density at radius 1 is 1.29 bits per heavy atom. The van der Waals surface area contributed by atoms with Crippen molar-refractivity contribution in [3.63, 3.8) is 0 Å². The maximum atomic E-state index is 11.4. The highest BCUT2D eigenvalue weighted by Gasteiger charge is 2.29. The van der Waals surface area contributed by atoms with E-state index in [1.807, 2.05) is 0 Å². The molecule has 0 saturated carbocycles. The number of anilines is 1. The summed E-state index contributed by atoms with van der Waals surface area (Å²) in [6.07, 6.45) is 13.8. The van der Waals surface area contributed by atoms with Crippen LogP contribution in [0.5, 0.6) is 0 Å². The molecular formula is C24H30N2O2. The molecule has 28 heavy (non-hydrogen) atoms. The van der Waals surface area contributed by atoms with Gasteiger partial charge in [-0.1, -0.05) is 36.4 Å². The van der Waals surface area contributed by atoms with Crippen LogP contribution < -0.4 is 4.90 Å². The predicted octanol–water partition coefficient (Wildman–Crippen LogP) is 4.39. The molecule has 1 aliphatic carbocycles. The minimum atomic E-state index is -0.646. The Balaban J connectivity index is 1.51. The van der Waals surface area contributed by atoms with Crippen LogP contribution in [0.4, 0.5) is 5.69 Å². The Morgan fingerprint density at radius 2 is 2.14 bits per heavy atom. The second-order valence-corrected chi connectivity index (χ2v) is 8.21. The molecular weight excluding hydrogens is 348 g/mol. The fourth-order valence-electron chi connectivity index (χ4n) is 4.67. The second-order valence-electron chi connectivity index (χ2n) is 8.21. The maximum absolute atomic E-state index is 11.4. The molecule has 2 aliphatic heterocycles. The lowest BCUT2D eigenvalue weighted by atomic mass is 9.96. The Morgan fingerprint density at radius 3 is 3.00 bits per heavy atom. The van der Waals surface area contributed by atoms with Gasteiger partial charge in [-0.05, 0) is 68.9 Å². The van der Waals surface area contributed by atoms with Crippen molar-refractivity contribution in [2.45, 2.75) is 45.1 Å². The quantitative estimate of drug-likeness (QED) is 0.825. The Hall–Kier alpha value is -2.33. The zero-order chi connectivity index (χ0) is 19.5. The smallest absolute Gasteiger partial charge is 0.307 e. The summed E-state index contributed by atoms with van der Waals surface area (Å²) in [5.74, 6) is -0.858. The van der Waals surface area contributed by atoms with E-state index in [1.165, 1.54) is 22.5 Å². The monoisotopic (exact) mass is 378 g/mol. The van der Waals surface area contributed by atoms with Gasteiger partial charge in [-0.2, -0.15) is 0 Å². The van der Waals surface area contributed by atoms with Gasteiger partial charge in [0.15, 0.2) is 0 Å². The number of para-hydroxylation sites is 1. The van der Waals surface area contributed by atoms with Crippen LogP contribution in [0.1, 0.15) is 38.2 Å². The molecule has 1 saturated heterocycles. The van der Waals surface area contributed by atoms with Gasteiger partial charge in [0.1, 0.15) is 0 Å². The summed E-state index contributed by atoms with van der Waals surface area (Å²) in [6.45, 7) is 4.89. The molecule has 0 bridgehead atoms. The van der Waals surface area contributed by atoms with Gasteiger partial charge in [-0.3, -0.25) is 9.69 Å². The number of hydrogen-bond donors (Lipinski definition) is 1. The molecule has 1 unspecified atom stereocenters. The summed E-state index contributed by atoms with van der Waals surface area (Å²) in [6, 6.07) is 9.10. The van der Waals surface area contributed by atoms with Crippen LogP contribution in [-0.4, -0.2) is 41.7 Å². The Bertz CT molecular complexity index is 824. The van der Waals surface area contributed by atoms with Crippen molar-refractivity contribution in [3.05, 3.63) is 65.4 Å². The molecule has 0 aromatic heterocycles. The van der Waals surface area contributed by atoms with E-state index in [1.54, 1.807) is 0 Å². The molecule has 1 aromatic rings. The van der Waals surface area contributed by atoms with Gasteiger partial charge in [-0.15, -0.1) is 0 Å². The molecule has 1 N–H and O–H groups in total. The molecule has 4 heteroatoms. The van der Waals surface area contributed by atoms with Gasteiger partial charge in [0, 0.05) is 30.5 Å². The van der Waals surface area contributed by atoms with E-state index in [0.717, 1.165) is 45.2 Å². The molecule has 2 atom stereocenters. The third-order valence-corrected chi connectivity index (χ3v) is 6.39. The minimum absolute atomic E-state index is 0.212. The average molecular weight is 379 g/mol. The Kier molecular flexibility index (Phi) is 5.67. The highest BCUT2D eigenvalue weighted by Crippen LogP contribution is 2.35. The fourth-order valence-corrected chi connectivity index (χ4v) is 4.67. The first kappa shape index (κ1) is 19.0. The molecule has 4 rings (SSSR count). The molecule has 0 amide bonds. The summed E-state index contributed by atoms with van der Waals surface area (Å²) >= 11 is 0. The third-order valence-electron chi connectivity index (χ3n) is 6.39. The van der Waals surface area contributed by atoms with Crippen LogP contribution in [-0.2, 0) is 11.2 Å². The van der Waals surface area contributed by atoms with Crippen molar-refractivity contribution in [1.82, 2.24) is 4.90 Å². The van der Waals surface area contributed by atoms with Crippen LogP contribution in [0.3, 0.4) is 0 Å². The number of fused-ring (bicyclic) bond motifs is 2. The summed E-state index contributed by atoms with van der Waals surface area (Å²) in [5.41, 5.74) is 5.42. The van der Waals surface area contributed by atoms with Gasteiger partial charge in [0.2, 0.25) is 0 Å². The number of benzene rings is 1. The summed E-state index contributed by atoms with van der Waals surface area (Å²) < 4.78 is 0. The predicted molar refractivity (Wildman–Crippen MR) is 113 cm³/mol. The van der Waals surface area contributed by atoms with Gasteiger partial charge in [-0.25, -0.2) is 0 Å². The van der Waals surface area contributed by atoms with Crippen LogP contribution in [0.2, 0.25) is 0 Å². The van der Waals surface area contributed by atoms with Gasteiger partial charge in [0.25, 0.3) is 0 Å². The summed E-state index contributed by atoms with van der Waals surface area (Å²) in [4.78, 5) is 16.3. The van der Waals surface area contributed by atoms with Crippen molar-refractivity contribution < 1.29 is 9.90 Å². The summed E-state index contributed by atoms with van der Waals surface area (Å²) in [7, 11) is 0. The third kappa shape index (κ3) is 3.93. The zero-order valence-electron chi connectivity index (χ0n) is 16.7. The molecule has 0 spiro atoms. The lowest BCUT2D eigenvalue weighted by molar-refractivity contribution is -0.143. The van der Waals surface area contributed by atoms with E-state index in [-0.39, 0.29) is 5.92 Å². The van der Waals surface area contributed by atoms with Crippen molar-refractivity contribution in [2.75, 3.05) is 24.5 Å². The van der Waals surface area contributed by atoms with Crippen LogP contribution in [0.25, 0.3) is 0 Å². The maximum Gasteiger partial charge on any atom is 0.307 e. The zero-order valence-corrected chi connectivity index (χ0v) is 16.7. The molecule has 2 heterocycles.